The van der Waals surface area contributed by atoms with Gasteiger partial charge in [0.05, 0.1) is 4.47 Å². The molecule has 0 amide bonds. The van der Waals surface area contributed by atoms with Crippen LogP contribution in [0.5, 0.6) is 5.75 Å². The van der Waals surface area contributed by atoms with Gasteiger partial charge in [0.15, 0.2) is 0 Å². The van der Waals surface area contributed by atoms with Crippen LogP contribution in [0.1, 0.15) is 19.8 Å². The van der Waals surface area contributed by atoms with Gasteiger partial charge in [0, 0.05) is 24.3 Å². The Kier molecular flexibility index (Phi) is 4.49. The van der Waals surface area contributed by atoms with Crippen LogP contribution in [-0.4, -0.2) is 25.0 Å². The van der Waals surface area contributed by atoms with Gasteiger partial charge in [-0.25, -0.2) is 0 Å². The van der Waals surface area contributed by atoms with Gasteiger partial charge in [-0.1, -0.05) is 0 Å². The quantitative estimate of drug-likeness (QED) is 0.882. The van der Waals surface area contributed by atoms with E-state index in [0.717, 1.165) is 25.1 Å². The lowest BCUT2D eigenvalue weighted by Gasteiger charge is -2.38. The minimum atomic E-state index is -4.69. The summed E-state index contributed by atoms with van der Waals surface area (Å²) in [7, 11) is 0. The van der Waals surface area contributed by atoms with E-state index in [1.165, 1.54) is 6.07 Å². The van der Waals surface area contributed by atoms with E-state index < -0.39 is 6.36 Å². The van der Waals surface area contributed by atoms with E-state index in [1.54, 1.807) is 12.1 Å². The predicted molar refractivity (Wildman–Crippen MR) is 74.8 cm³/mol. The van der Waals surface area contributed by atoms with Gasteiger partial charge in [-0.2, -0.15) is 0 Å². The molecule has 2 unspecified atom stereocenters. The Balaban J connectivity index is 2.16. The number of nitrogens with zero attached hydrogens (tertiary/aromatic N) is 1. The van der Waals surface area contributed by atoms with Gasteiger partial charge in [0.25, 0.3) is 0 Å². The van der Waals surface area contributed by atoms with E-state index in [2.05, 4.69) is 32.5 Å². The Hall–Kier alpha value is -0.950. The molecule has 1 fully saturated rings. The molecule has 0 radical (unpaired) electrons. The van der Waals surface area contributed by atoms with Gasteiger partial charge in [-0.15, -0.1) is 13.2 Å². The minimum absolute atomic E-state index is 0.192. The highest BCUT2D eigenvalue weighted by atomic mass is 79.9. The lowest BCUT2D eigenvalue weighted by Crippen LogP contribution is -2.45. The summed E-state index contributed by atoms with van der Waals surface area (Å²) in [5, 5.41) is 0. The van der Waals surface area contributed by atoms with Gasteiger partial charge < -0.3 is 15.4 Å². The third-order valence-electron chi connectivity index (χ3n) is 3.39. The lowest BCUT2D eigenvalue weighted by molar-refractivity contribution is -0.274. The molecule has 1 aliphatic heterocycles. The number of halogens is 4. The molecule has 1 aromatic carbocycles. The van der Waals surface area contributed by atoms with Crippen molar-refractivity contribution in [2.24, 2.45) is 5.73 Å². The molecule has 3 nitrogen and oxygen atoms in total. The van der Waals surface area contributed by atoms with Crippen molar-refractivity contribution in [3.63, 3.8) is 0 Å². The van der Waals surface area contributed by atoms with Crippen molar-refractivity contribution in [3.8, 4) is 5.75 Å². The first-order valence-corrected chi connectivity index (χ1v) is 7.13. The Morgan fingerprint density at radius 3 is 2.65 bits per heavy atom. The molecule has 0 bridgehead atoms. The summed E-state index contributed by atoms with van der Waals surface area (Å²) in [4.78, 5) is 2.14. The average Bonchev–Trinajstić information content (AvgIpc) is 2.30. The van der Waals surface area contributed by atoms with E-state index in [9.17, 15) is 13.2 Å². The molecule has 0 saturated carbocycles. The van der Waals surface area contributed by atoms with E-state index in [4.69, 9.17) is 5.73 Å². The number of hydrogen-bond acceptors (Lipinski definition) is 3. The maximum absolute atomic E-state index is 12.2. The molecular weight excluding hydrogens is 337 g/mol. The SMILES string of the molecule is CC1CC(N)CCN1c1ccc(OC(F)(F)F)c(Br)c1. The van der Waals surface area contributed by atoms with Crippen molar-refractivity contribution in [2.75, 3.05) is 11.4 Å². The van der Waals surface area contributed by atoms with Crippen LogP contribution in [0, 0.1) is 0 Å². The molecule has 1 aromatic rings. The fourth-order valence-electron chi connectivity index (χ4n) is 2.47. The summed E-state index contributed by atoms with van der Waals surface area (Å²) in [6.07, 6.45) is -2.93. The van der Waals surface area contributed by atoms with Gasteiger partial charge in [-0.3, -0.25) is 0 Å². The number of anilines is 1. The van der Waals surface area contributed by atoms with Crippen LogP contribution >= 0.6 is 15.9 Å². The van der Waals surface area contributed by atoms with Crippen molar-refractivity contribution < 1.29 is 17.9 Å². The number of piperidine rings is 1. The van der Waals surface area contributed by atoms with Crippen LogP contribution in [0.25, 0.3) is 0 Å². The van der Waals surface area contributed by atoms with E-state index in [1.807, 2.05) is 0 Å². The van der Waals surface area contributed by atoms with Gasteiger partial charge in [-0.05, 0) is 53.9 Å². The summed E-state index contributed by atoms with van der Waals surface area (Å²) >= 11 is 3.12. The highest BCUT2D eigenvalue weighted by Gasteiger charge is 2.32. The Morgan fingerprint density at radius 2 is 2.10 bits per heavy atom. The minimum Gasteiger partial charge on any atom is -0.405 e. The first kappa shape index (κ1) is 15.4. The van der Waals surface area contributed by atoms with Crippen molar-refractivity contribution in [3.05, 3.63) is 22.7 Å². The second-order valence-corrected chi connectivity index (χ2v) is 5.84. The van der Waals surface area contributed by atoms with Crippen molar-refractivity contribution in [1.82, 2.24) is 0 Å². The first-order valence-electron chi connectivity index (χ1n) is 6.34. The summed E-state index contributed by atoms with van der Waals surface area (Å²) in [5.41, 5.74) is 6.77. The summed E-state index contributed by atoms with van der Waals surface area (Å²) in [6, 6.07) is 5.07. The highest BCUT2D eigenvalue weighted by molar-refractivity contribution is 9.10. The van der Waals surface area contributed by atoms with Crippen molar-refractivity contribution >= 4 is 21.6 Å². The molecule has 0 spiro atoms. The topological polar surface area (TPSA) is 38.5 Å². The summed E-state index contributed by atoms with van der Waals surface area (Å²) in [6.45, 7) is 2.86. The molecule has 2 rings (SSSR count). The van der Waals surface area contributed by atoms with Crippen LogP contribution < -0.4 is 15.4 Å². The van der Waals surface area contributed by atoms with E-state index >= 15 is 0 Å². The summed E-state index contributed by atoms with van der Waals surface area (Å²) < 4.78 is 40.9. The normalized spacial score (nSPS) is 23.8. The second kappa shape index (κ2) is 5.81. The third kappa shape index (κ3) is 3.79. The molecule has 1 saturated heterocycles. The van der Waals surface area contributed by atoms with Gasteiger partial charge in [0.1, 0.15) is 5.75 Å². The Labute approximate surface area is 124 Å². The zero-order valence-corrected chi connectivity index (χ0v) is 12.5. The van der Waals surface area contributed by atoms with Gasteiger partial charge in [0.2, 0.25) is 0 Å². The van der Waals surface area contributed by atoms with Crippen molar-refractivity contribution in [1.29, 1.82) is 0 Å². The lowest BCUT2D eigenvalue weighted by atomic mass is 9.98. The predicted octanol–water partition coefficient (Wildman–Crippen LogP) is 3.66. The largest absolute Gasteiger partial charge is 0.573 e. The number of benzene rings is 1. The molecule has 1 aliphatic rings. The number of ether oxygens (including phenoxy) is 1. The molecule has 2 atom stereocenters. The molecule has 0 aromatic heterocycles. The van der Waals surface area contributed by atoms with Crippen LogP contribution in [0.3, 0.4) is 0 Å². The van der Waals surface area contributed by atoms with Crippen LogP contribution in [0.4, 0.5) is 18.9 Å². The monoisotopic (exact) mass is 352 g/mol. The van der Waals surface area contributed by atoms with Crippen LogP contribution in [-0.2, 0) is 0 Å². The van der Waals surface area contributed by atoms with Crippen LogP contribution in [0.2, 0.25) is 0 Å². The zero-order valence-electron chi connectivity index (χ0n) is 11.0. The number of rotatable bonds is 2. The molecule has 7 heteroatoms. The van der Waals surface area contributed by atoms with Crippen molar-refractivity contribution in [2.45, 2.75) is 38.2 Å². The molecule has 1 heterocycles. The maximum atomic E-state index is 12.2. The fraction of sp³-hybridized carbons (Fsp3) is 0.538. The molecule has 20 heavy (non-hydrogen) atoms. The fourth-order valence-corrected chi connectivity index (χ4v) is 2.92. The Morgan fingerprint density at radius 1 is 1.40 bits per heavy atom. The van der Waals surface area contributed by atoms with E-state index in [0.29, 0.717) is 0 Å². The Bertz CT molecular complexity index is 481. The maximum Gasteiger partial charge on any atom is 0.573 e. The number of nitrogens with two attached hydrogens (primary N) is 1. The third-order valence-corrected chi connectivity index (χ3v) is 4.01. The summed E-state index contributed by atoms with van der Waals surface area (Å²) in [5.74, 6) is -0.234. The number of alkyl halides is 3. The standard InChI is InChI=1S/C13H16BrF3N2O/c1-8-6-9(18)4-5-19(8)10-2-3-12(11(14)7-10)20-13(15,16)17/h2-3,7-9H,4-6,18H2,1H3. The second-order valence-electron chi connectivity index (χ2n) is 4.99. The molecule has 2 N–H and O–H groups in total. The molecule has 0 aliphatic carbocycles. The molecular formula is C13H16BrF3N2O. The molecule has 112 valence electrons. The smallest absolute Gasteiger partial charge is 0.405 e. The number of hydrogen-bond donors (Lipinski definition) is 1. The average molecular weight is 353 g/mol. The first-order chi connectivity index (χ1) is 9.26. The highest BCUT2D eigenvalue weighted by Crippen LogP contribution is 2.35. The van der Waals surface area contributed by atoms with E-state index in [-0.39, 0.29) is 22.3 Å². The van der Waals surface area contributed by atoms with Gasteiger partial charge >= 0.3 is 6.36 Å². The zero-order chi connectivity index (χ0) is 14.9. The van der Waals surface area contributed by atoms with Crippen LogP contribution in [0.15, 0.2) is 22.7 Å².